The van der Waals surface area contributed by atoms with Gasteiger partial charge in [0.15, 0.2) is 0 Å². The monoisotopic (exact) mass is 432 g/mol. The molecule has 8 nitrogen and oxygen atoms in total. The Morgan fingerprint density at radius 1 is 0.938 bits per heavy atom. The molecule has 0 unspecified atom stereocenters. The van der Waals surface area contributed by atoms with Gasteiger partial charge in [-0.25, -0.2) is 9.48 Å². The fourth-order valence-electron chi connectivity index (χ4n) is 4.05. The Hall–Kier alpha value is -3.68. The Morgan fingerprint density at radius 3 is 2.34 bits per heavy atom. The van der Waals surface area contributed by atoms with E-state index in [2.05, 4.69) is 37.3 Å². The van der Waals surface area contributed by atoms with Gasteiger partial charge in [0.05, 0.1) is 17.1 Å². The van der Waals surface area contributed by atoms with Crippen LogP contribution in [-0.2, 0) is 20.1 Å². The lowest BCUT2D eigenvalue weighted by Crippen LogP contribution is -2.23. The summed E-state index contributed by atoms with van der Waals surface area (Å²) in [5.74, 6) is 0.784. The van der Waals surface area contributed by atoms with Crippen LogP contribution in [0.15, 0.2) is 41.2 Å². The van der Waals surface area contributed by atoms with E-state index < -0.39 is 0 Å². The highest BCUT2D eigenvalue weighted by atomic mass is 16.5. The summed E-state index contributed by atoms with van der Waals surface area (Å²) in [5, 5.41) is 12.5. The van der Waals surface area contributed by atoms with Crippen molar-refractivity contribution in [2.75, 3.05) is 0 Å². The van der Waals surface area contributed by atoms with Crippen LogP contribution in [-0.4, -0.2) is 29.6 Å². The quantitative estimate of drug-likeness (QED) is 0.466. The highest BCUT2D eigenvalue weighted by Crippen LogP contribution is 2.26. The first kappa shape index (κ1) is 21.5. The lowest BCUT2D eigenvalue weighted by Gasteiger charge is -2.15. The van der Waals surface area contributed by atoms with E-state index in [1.54, 1.807) is 7.05 Å². The largest absolute Gasteiger partial charge is 0.489 e. The number of tetrazole rings is 1. The van der Waals surface area contributed by atoms with Crippen LogP contribution in [0.25, 0.3) is 11.4 Å². The van der Waals surface area contributed by atoms with Gasteiger partial charge in [-0.05, 0) is 85.5 Å². The van der Waals surface area contributed by atoms with Gasteiger partial charge in [-0.2, -0.15) is 14.5 Å². The van der Waals surface area contributed by atoms with Gasteiger partial charge in [-0.1, -0.05) is 19.1 Å². The zero-order valence-electron chi connectivity index (χ0n) is 19.4. The number of hydrogen-bond acceptors (Lipinski definition) is 5. The molecule has 4 rings (SSSR count). The summed E-state index contributed by atoms with van der Waals surface area (Å²) < 4.78 is 10.7. The molecule has 0 saturated heterocycles. The third kappa shape index (κ3) is 3.72. The third-order valence-electron chi connectivity index (χ3n) is 5.91. The molecule has 2 aromatic carbocycles. The summed E-state index contributed by atoms with van der Waals surface area (Å²) in [6.45, 7) is 10.6. The first-order valence-electron chi connectivity index (χ1n) is 10.7. The van der Waals surface area contributed by atoms with E-state index in [0.717, 1.165) is 45.9 Å². The van der Waals surface area contributed by atoms with Gasteiger partial charge in [0.2, 0.25) is 0 Å². The maximum Gasteiger partial charge on any atom is 0.368 e. The van der Waals surface area contributed by atoms with E-state index in [1.165, 1.54) is 14.9 Å². The van der Waals surface area contributed by atoms with Gasteiger partial charge in [-0.15, -0.1) is 0 Å². The number of hydrogen-bond donors (Lipinski definition) is 0. The predicted octanol–water partition coefficient (Wildman–Crippen LogP) is 3.53. The van der Waals surface area contributed by atoms with Crippen LogP contribution in [0.2, 0.25) is 0 Å². The Kier molecular flexibility index (Phi) is 5.69. The Labute approximate surface area is 187 Å². The smallest absolute Gasteiger partial charge is 0.368 e. The van der Waals surface area contributed by atoms with E-state index in [9.17, 15) is 4.79 Å². The molecule has 4 aromatic rings. The molecule has 0 atom stereocenters. The number of aromatic nitrogens is 6. The van der Waals surface area contributed by atoms with Crippen molar-refractivity contribution in [3.63, 3.8) is 0 Å². The maximum absolute atomic E-state index is 12.4. The van der Waals surface area contributed by atoms with Gasteiger partial charge in [-0.3, -0.25) is 0 Å². The van der Waals surface area contributed by atoms with Gasteiger partial charge in [0.25, 0.3) is 0 Å². The Bertz CT molecular complexity index is 1350. The standard InChI is InChI=1S/C24H28N6O2/c1-7-20-17(4)25-29(18(20)5)19-11-12-23(16(3)13-19)32-14-21-15(2)9-8-10-22(21)30-24(31)28(6)26-27-30/h8-13H,7,14H2,1-6H3. The zero-order valence-corrected chi connectivity index (χ0v) is 19.4. The van der Waals surface area contributed by atoms with Crippen LogP contribution in [0.1, 0.15) is 40.6 Å². The lowest BCUT2D eigenvalue weighted by atomic mass is 10.1. The van der Waals surface area contributed by atoms with Crippen molar-refractivity contribution < 1.29 is 4.74 Å². The fourth-order valence-corrected chi connectivity index (χ4v) is 4.05. The second-order valence-electron chi connectivity index (χ2n) is 8.02. The summed E-state index contributed by atoms with van der Waals surface area (Å²) in [6, 6.07) is 11.8. The molecule has 0 bridgehead atoms. The summed E-state index contributed by atoms with van der Waals surface area (Å²) in [4.78, 5) is 12.4. The number of ether oxygens (including phenoxy) is 1. The van der Waals surface area contributed by atoms with Crippen molar-refractivity contribution in [1.82, 2.24) is 29.6 Å². The van der Waals surface area contributed by atoms with Gasteiger partial charge < -0.3 is 4.74 Å². The molecule has 0 aliphatic heterocycles. The number of rotatable bonds is 6. The van der Waals surface area contributed by atoms with Crippen molar-refractivity contribution in [1.29, 1.82) is 0 Å². The molecule has 0 fully saturated rings. The second-order valence-corrected chi connectivity index (χ2v) is 8.02. The van der Waals surface area contributed by atoms with Crippen molar-refractivity contribution in [3.05, 3.63) is 80.5 Å². The van der Waals surface area contributed by atoms with Crippen LogP contribution in [0.4, 0.5) is 0 Å². The first-order valence-corrected chi connectivity index (χ1v) is 10.7. The minimum atomic E-state index is -0.297. The summed E-state index contributed by atoms with van der Waals surface area (Å²) in [6.07, 6.45) is 0.964. The van der Waals surface area contributed by atoms with Crippen LogP contribution in [0, 0.1) is 27.7 Å². The average Bonchev–Trinajstić information content (AvgIpc) is 3.25. The molecule has 0 aliphatic rings. The van der Waals surface area contributed by atoms with Gasteiger partial charge in [0.1, 0.15) is 12.4 Å². The molecule has 0 amide bonds. The average molecular weight is 433 g/mol. The molecular formula is C24H28N6O2. The minimum Gasteiger partial charge on any atom is -0.489 e. The Morgan fingerprint density at radius 2 is 1.72 bits per heavy atom. The SMILES string of the molecule is CCc1c(C)nn(-c2ccc(OCc3c(C)cccc3-n3nnn(C)c3=O)c(C)c2)c1C. The molecule has 166 valence electrons. The van der Waals surface area contributed by atoms with E-state index >= 15 is 0 Å². The normalized spacial score (nSPS) is 11.2. The van der Waals surface area contributed by atoms with E-state index in [1.807, 2.05) is 48.9 Å². The highest BCUT2D eigenvalue weighted by molar-refractivity contribution is 5.47. The zero-order chi connectivity index (χ0) is 23.0. The molecule has 0 aliphatic carbocycles. The molecule has 32 heavy (non-hydrogen) atoms. The van der Waals surface area contributed by atoms with Crippen LogP contribution >= 0.6 is 0 Å². The minimum absolute atomic E-state index is 0.297. The molecule has 0 N–H and O–H groups in total. The number of benzene rings is 2. The van der Waals surface area contributed by atoms with Crippen LogP contribution in [0.3, 0.4) is 0 Å². The summed E-state index contributed by atoms with van der Waals surface area (Å²) in [7, 11) is 1.58. The predicted molar refractivity (Wildman–Crippen MR) is 123 cm³/mol. The molecule has 8 heteroatoms. The second kappa shape index (κ2) is 8.45. The van der Waals surface area contributed by atoms with Gasteiger partial charge >= 0.3 is 5.69 Å². The van der Waals surface area contributed by atoms with Gasteiger partial charge in [0, 0.05) is 18.3 Å². The van der Waals surface area contributed by atoms with E-state index in [0.29, 0.717) is 12.3 Å². The molecular weight excluding hydrogens is 404 g/mol. The van der Waals surface area contributed by atoms with Crippen LogP contribution < -0.4 is 10.4 Å². The highest BCUT2D eigenvalue weighted by Gasteiger charge is 2.15. The van der Waals surface area contributed by atoms with Crippen LogP contribution in [0.5, 0.6) is 5.75 Å². The summed E-state index contributed by atoms with van der Waals surface area (Å²) in [5.41, 5.74) is 7.83. The third-order valence-corrected chi connectivity index (χ3v) is 5.91. The maximum atomic E-state index is 12.4. The fraction of sp³-hybridized carbons (Fsp3) is 0.333. The van der Waals surface area contributed by atoms with Crippen molar-refractivity contribution in [3.8, 4) is 17.1 Å². The topological polar surface area (TPSA) is 79.8 Å². The molecule has 2 aromatic heterocycles. The number of aryl methyl sites for hydroxylation is 4. The summed E-state index contributed by atoms with van der Waals surface area (Å²) >= 11 is 0. The van der Waals surface area contributed by atoms with E-state index in [4.69, 9.17) is 9.84 Å². The van der Waals surface area contributed by atoms with E-state index in [-0.39, 0.29) is 5.69 Å². The first-order chi connectivity index (χ1) is 15.3. The lowest BCUT2D eigenvalue weighted by molar-refractivity contribution is 0.302. The molecule has 0 spiro atoms. The van der Waals surface area contributed by atoms with Crippen molar-refractivity contribution >= 4 is 0 Å². The molecule has 0 saturated carbocycles. The molecule has 2 heterocycles. The van der Waals surface area contributed by atoms with Crippen molar-refractivity contribution in [2.45, 2.75) is 47.6 Å². The van der Waals surface area contributed by atoms with Crippen molar-refractivity contribution in [2.24, 2.45) is 7.05 Å². The Balaban J connectivity index is 1.62. The number of nitrogens with zero attached hydrogens (tertiary/aromatic N) is 6. The molecule has 0 radical (unpaired) electrons.